The molecule has 6 heteroatoms. The van der Waals surface area contributed by atoms with Gasteiger partial charge in [-0.15, -0.1) is 0 Å². The zero-order chi connectivity index (χ0) is 19.4. The van der Waals surface area contributed by atoms with Gasteiger partial charge in [-0.1, -0.05) is 30.3 Å². The van der Waals surface area contributed by atoms with Gasteiger partial charge < -0.3 is 15.3 Å². The molecule has 0 saturated carbocycles. The number of carbonyl (C=O) groups excluding carboxylic acids is 2. The molecule has 1 saturated heterocycles. The van der Waals surface area contributed by atoms with Crippen LogP contribution in [-0.2, 0) is 9.59 Å². The van der Waals surface area contributed by atoms with Gasteiger partial charge in [0.2, 0.25) is 5.91 Å². The number of nitrogens with one attached hydrogen (secondary N) is 1. The summed E-state index contributed by atoms with van der Waals surface area (Å²) >= 11 is 0. The lowest BCUT2D eigenvalue weighted by Gasteiger charge is -2.34. The maximum Gasteiger partial charge on any atom is 0.335 e. The highest BCUT2D eigenvalue weighted by Gasteiger charge is 2.32. The van der Waals surface area contributed by atoms with Gasteiger partial charge in [-0.05, 0) is 49.1 Å². The van der Waals surface area contributed by atoms with Crippen molar-refractivity contribution in [3.8, 4) is 0 Å². The minimum atomic E-state index is -1.01. The number of carbonyl (C=O) groups is 3. The number of aromatic carboxylic acids is 1. The Bertz CT molecular complexity index is 864. The Hall–Kier alpha value is -3.15. The fraction of sp³-hybridized carbons (Fsp3) is 0.286. The number of amides is 2. The van der Waals surface area contributed by atoms with Crippen LogP contribution in [0, 0.1) is 6.92 Å². The van der Waals surface area contributed by atoms with Crippen LogP contribution in [0.4, 0.5) is 5.69 Å². The second-order valence-electron chi connectivity index (χ2n) is 6.68. The zero-order valence-corrected chi connectivity index (χ0v) is 15.1. The van der Waals surface area contributed by atoms with E-state index < -0.39 is 12.0 Å². The molecule has 140 valence electrons. The van der Waals surface area contributed by atoms with Crippen molar-refractivity contribution in [2.45, 2.75) is 32.2 Å². The topological polar surface area (TPSA) is 86.7 Å². The number of carboxylic acid groups (broad SMARTS) is 1. The molecule has 0 spiro atoms. The summed E-state index contributed by atoms with van der Waals surface area (Å²) in [6.07, 6.45) is 2.16. The molecule has 2 aromatic rings. The minimum absolute atomic E-state index is 0.0253. The van der Waals surface area contributed by atoms with Crippen molar-refractivity contribution >= 4 is 23.5 Å². The van der Waals surface area contributed by atoms with Gasteiger partial charge in [-0.2, -0.15) is 0 Å². The van der Waals surface area contributed by atoms with Crippen LogP contribution >= 0.6 is 0 Å². The molecule has 1 aliphatic rings. The van der Waals surface area contributed by atoms with Crippen LogP contribution in [0.5, 0.6) is 0 Å². The van der Waals surface area contributed by atoms with Crippen LogP contribution in [-0.4, -0.2) is 34.3 Å². The molecule has 2 amide bonds. The Morgan fingerprint density at radius 3 is 2.48 bits per heavy atom. The van der Waals surface area contributed by atoms with Crippen LogP contribution in [0.3, 0.4) is 0 Å². The van der Waals surface area contributed by atoms with E-state index in [-0.39, 0.29) is 17.4 Å². The first-order valence-electron chi connectivity index (χ1n) is 8.96. The van der Waals surface area contributed by atoms with E-state index in [2.05, 4.69) is 5.32 Å². The standard InChI is InChI=1S/C21H22N2O4/c1-14-13-16(10-11-17(14)21(26)27)22-20(25)19(15-7-3-2-4-8-15)23-12-6-5-9-18(23)24/h2-4,7-8,10-11,13,19H,5-6,9,12H2,1H3,(H,22,25)(H,26,27). The summed E-state index contributed by atoms with van der Waals surface area (Å²) in [5, 5.41) is 12.0. The van der Waals surface area contributed by atoms with Gasteiger partial charge in [0, 0.05) is 18.7 Å². The Morgan fingerprint density at radius 1 is 1.11 bits per heavy atom. The van der Waals surface area contributed by atoms with E-state index in [1.807, 2.05) is 30.3 Å². The number of hydrogen-bond donors (Lipinski definition) is 2. The van der Waals surface area contributed by atoms with Crippen LogP contribution in [0.25, 0.3) is 0 Å². The number of piperidine rings is 1. The molecule has 3 rings (SSSR count). The molecule has 0 bridgehead atoms. The maximum absolute atomic E-state index is 13.1. The summed E-state index contributed by atoms with van der Waals surface area (Å²) in [5.74, 6) is -1.34. The predicted molar refractivity (Wildman–Crippen MR) is 102 cm³/mol. The number of rotatable bonds is 5. The summed E-state index contributed by atoms with van der Waals surface area (Å²) in [4.78, 5) is 38.3. The van der Waals surface area contributed by atoms with Crippen molar-refractivity contribution < 1.29 is 19.5 Å². The molecule has 1 unspecified atom stereocenters. The minimum Gasteiger partial charge on any atom is -0.478 e. The second kappa shape index (κ2) is 8.03. The summed E-state index contributed by atoms with van der Waals surface area (Å²) in [7, 11) is 0. The lowest BCUT2D eigenvalue weighted by atomic mass is 10.00. The Morgan fingerprint density at radius 2 is 1.85 bits per heavy atom. The van der Waals surface area contributed by atoms with E-state index in [1.54, 1.807) is 24.0 Å². The number of hydrogen-bond acceptors (Lipinski definition) is 3. The molecule has 1 fully saturated rings. The first-order valence-corrected chi connectivity index (χ1v) is 8.96. The second-order valence-corrected chi connectivity index (χ2v) is 6.68. The van der Waals surface area contributed by atoms with Crippen molar-refractivity contribution in [3.05, 3.63) is 65.2 Å². The molecular weight excluding hydrogens is 344 g/mol. The average molecular weight is 366 g/mol. The molecule has 0 radical (unpaired) electrons. The molecule has 6 nitrogen and oxygen atoms in total. The Balaban J connectivity index is 1.88. The van der Waals surface area contributed by atoms with Gasteiger partial charge in [-0.25, -0.2) is 4.79 Å². The van der Waals surface area contributed by atoms with Gasteiger partial charge in [0.15, 0.2) is 0 Å². The normalized spacial score (nSPS) is 15.3. The molecule has 2 aromatic carbocycles. The van der Waals surface area contributed by atoms with Gasteiger partial charge in [0.05, 0.1) is 5.56 Å². The third-order valence-electron chi connectivity index (χ3n) is 4.76. The fourth-order valence-electron chi connectivity index (χ4n) is 3.40. The van der Waals surface area contributed by atoms with E-state index in [1.165, 1.54) is 6.07 Å². The summed E-state index contributed by atoms with van der Waals surface area (Å²) < 4.78 is 0. The molecule has 1 aliphatic heterocycles. The first kappa shape index (κ1) is 18.6. The lowest BCUT2D eigenvalue weighted by molar-refractivity contribution is -0.141. The molecular formula is C21H22N2O4. The van der Waals surface area contributed by atoms with Crippen molar-refractivity contribution in [2.75, 3.05) is 11.9 Å². The molecule has 27 heavy (non-hydrogen) atoms. The third kappa shape index (κ3) is 4.16. The molecule has 1 atom stereocenters. The van der Waals surface area contributed by atoms with Crippen LogP contribution in [0.15, 0.2) is 48.5 Å². The van der Waals surface area contributed by atoms with Crippen LogP contribution < -0.4 is 5.32 Å². The van der Waals surface area contributed by atoms with Crippen molar-refractivity contribution in [1.82, 2.24) is 4.90 Å². The third-order valence-corrected chi connectivity index (χ3v) is 4.76. The van der Waals surface area contributed by atoms with Crippen molar-refractivity contribution in [3.63, 3.8) is 0 Å². The number of nitrogens with zero attached hydrogens (tertiary/aromatic N) is 1. The summed E-state index contributed by atoms with van der Waals surface area (Å²) in [6, 6.07) is 13.2. The maximum atomic E-state index is 13.1. The summed E-state index contributed by atoms with van der Waals surface area (Å²) in [5.41, 5.74) is 2.02. The van der Waals surface area contributed by atoms with Gasteiger partial charge >= 0.3 is 5.97 Å². The van der Waals surface area contributed by atoms with E-state index >= 15 is 0 Å². The highest BCUT2D eigenvalue weighted by atomic mass is 16.4. The lowest BCUT2D eigenvalue weighted by Crippen LogP contribution is -2.43. The van der Waals surface area contributed by atoms with Crippen molar-refractivity contribution in [2.24, 2.45) is 0 Å². The quantitative estimate of drug-likeness (QED) is 0.849. The average Bonchev–Trinajstić information content (AvgIpc) is 2.64. The molecule has 1 heterocycles. The first-order chi connectivity index (χ1) is 13.0. The number of benzene rings is 2. The van der Waals surface area contributed by atoms with Gasteiger partial charge in [-0.3, -0.25) is 9.59 Å². The van der Waals surface area contributed by atoms with E-state index in [9.17, 15) is 14.4 Å². The number of anilines is 1. The number of aryl methyl sites for hydroxylation is 1. The smallest absolute Gasteiger partial charge is 0.335 e. The molecule has 2 N–H and O–H groups in total. The number of likely N-dealkylation sites (tertiary alicyclic amines) is 1. The zero-order valence-electron chi connectivity index (χ0n) is 15.1. The van der Waals surface area contributed by atoms with Gasteiger partial charge in [0.25, 0.3) is 5.91 Å². The SMILES string of the molecule is Cc1cc(NC(=O)C(c2ccccc2)N2CCCCC2=O)ccc1C(=O)O. The van der Waals surface area contributed by atoms with Crippen LogP contribution in [0.2, 0.25) is 0 Å². The van der Waals surface area contributed by atoms with E-state index in [4.69, 9.17) is 5.11 Å². The van der Waals surface area contributed by atoms with Crippen LogP contribution in [0.1, 0.15) is 46.8 Å². The Kier molecular flexibility index (Phi) is 5.54. The van der Waals surface area contributed by atoms with E-state index in [0.29, 0.717) is 24.2 Å². The number of carboxylic acids is 1. The highest BCUT2D eigenvalue weighted by molar-refractivity contribution is 5.98. The van der Waals surface area contributed by atoms with Gasteiger partial charge in [0.1, 0.15) is 6.04 Å². The molecule has 0 aliphatic carbocycles. The van der Waals surface area contributed by atoms with Crippen molar-refractivity contribution in [1.29, 1.82) is 0 Å². The fourth-order valence-corrected chi connectivity index (χ4v) is 3.40. The van der Waals surface area contributed by atoms with E-state index in [0.717, 1.165) is 18.4 Å². The molecule has 0 aromatic heterocycles. The summed E-state index contributed by atoms with van der Waals surface area (Å²) in [6.45, 7) is 2.23. The predicted octanol–water partition coefficient (Wildman–Crippen LogP) is 3.39. The monoisotopic (exact) mass is 366 g/mol. The Labute approximate surface area is 157 Å². The highest BCUT2D eigenvalue weighted by Crippen LogP contribution is 2.27. The largest absolute Gasteiger partial charge is 0.478 e.